The van der Waals surface area contributed by atoms with Crippen molar-refractivity contribution < 1.29 is 22.8 Å². The van der Waals surface area contributed by atoms with Gasteiger partial charge >= 0.3 is 6.18 Å². The summed E-state index contributed by atoms with van der Waals surface area (Å²) in [6, 6.07) is 1.90. The molecule has 2 amide bonds. The number of alkyl halides is 3. The normalized spacial score (nSPS) is 19.8. The summed E-state index contributed by atoms with van der Waals surface area (Å²) in [6.45, 7) is 2.61. The molecule has 1 saturated heterocycles. The number of nitrogens with one attached hydrogen (secondary N) is 2. The van der Waals surface area contributed by atoms with Gasteiger partial charge in [-0.15, -0.1) is 0 Å². The van der Waals surface area contributed by atoms with Crippen LogP contribution in [0.4, 0.5) is 19.0 Å². The van der Waals surface area contributed by atoms with Crippen LogP contribution < -0.4 is 15.5 Å². The lowest BCUT2D eigenvalue weighted by atomic mass is 9.96. The molecule has 1 aromatic heterocycles. The Morgan fingerprint density at radius 2 is 1.79 bits per heavy atom. The Morgan fingerprint density at radius 1 is 1.14 bits per heavy atom. The average molecular weight is 412 g/mol. The summed E-state index contributed by atoms with van der Waals surface area (Å²) in [7, 11) is 0. The predicted molar refractivity (Wildman–Crippen MR) is 102 cm³/mol. The number of aromatic nitrogens is 1. The smallest absolute Gasteiger partial charge is 0.356 e. The first kappa shape index (κ1) is 21.4. The third-order valence-electron chi connectivity index (χ3n) is 5.75. The van der Waals surface area contributed by atoms with Crippen LogP contribution in [0.1, 0.15) is 51.0 Å². The second-order valence-electron chi connectivity index (χ2n) is 7.90. The monoisotopic (exact) mass is 412 g/mol. The highest BCUT2D eigenvalue weighted by Gasteiger charge is 2.33. The third-order valence-corrected chi connectivity index (χ3v) is 5.75. The number of amides is 2. The molecule has 2 aliphatic rings. The molecule has 0 spiro atoms. The summed E-state index contributed by atoms with van der Waals surface area (Å²) in [5.41, 5.74) is -0.765. The molecule has 29 heavy (non-hydrogen) atoms. The van der Waals surface area contributed by atoms with Gasteiger partial charge in [-0.05, 0) is 43.7 Å². The van der Waals surface area contributed by atoms with E-state index in [0.29, 0.717) is 31.7 Å². The molecule has 9 heteroatoms. The highest BCUT2D eigenvalue weighted by atomic mass is 19.4. The van der Waals surface area contributed by atoms with Crippen molar-refractivity contribution in [2.75, 3.05) is 18.0 Å². The summed E-state index contributed by atoms with van der Waals surface area (Å²) in [4.78, 5) is 30.1. The minimum absolute atomic E-state index is 0.0224. The molecule has 1 aliphatic heterocycles. The summed E-state index contributed by atoms with van der Waals surface area (Å²) < 4.78 is 38.0. The maximum absolute atomic E-state index is 12.8. The van der Waals surface area contributed by atoms with Gasteiger partial charge in [-0.2, -0.15) is 13.2 Å². The van der Waals surface area contributed by atoms with Crippen molar-refractivity contribution in [1.82, 2.24) is 15.6 Å². The van der Waals surface area contributed by atoms with Gasteiger partial charge in [0.2, 0.25) is 11.8 Å². The number of hydrogen-bond donors (Lipinski definition) is 2. The van der Waals surface area contributed by atoms with E-state index in [9.17, 15) is 22.8 Å². The zero-order valence-electron chi connectivity index (χ0n) is 16.5. The number of hydrogen-bond acceptors (Lipinski definition) is 4. The van der Waals surface area contributed by atoms with Gasteiger partial charge in [0, 0.05) is 32.3 Å². The maximum Gasteiger partial charge on any atom is 0.417 e. The molecule has 0 radical (unpaired) electrons. The van der Waals surface area contributed by atoms with Crippen LogP contribution in [-0.2, 0) is 15.8 Å². The number of nitrogens with zero attached hydrogens (tertiary/aromatic N) is 2. The van der Waals surface area contributed by atoms with Gasteiger partial charge in [-0.25, -0.2) is 4.98 Å². The summed E-state index contributed by atoms with van der Waals surface area (Å²) in [5.74, 6) is 0.332. The van der Waals surface area contributed by atoms with Crippen LogP contribution in [-0.4, -0.2) is 42.0 Å². The van der Waals surface area contributed by atoms with Crippen LogP contribution in [0.3, 0.4) is 0 Å². The third kappa shape index (κ3) is 5.61. The highest BCUT2D eigenvalue weighted by molar-refractivity contribution is 5.87. The van der Waals surface area contributed by atoms with E-state index < -0.39 is 17.8 Å². The molecule has 1 atom stereocenters. The van der Waals surface area contributed by atoms with Gasteiger partial charge in [0.05, 0.1) is 5.56 Å². The fourth-order valence-electron chi connectivity index (χ4n) is 4.19. The topological polar surface area (TPSA) is 74.3 Å². The fraction of sp³-hybridized carbons (Fsp3) is 0.650. The molecule has 1 aromatic rings. The molecule has 0 bridgehead atoms. The Kier molecular flexibility index (Phi) is 6.64. The molecular weight excluding hydrogens is 385 g/mol. The van der Waals surface area contributed by atoms with Crippen molar-refractivity contribution in [3.8, 4) is 0 Å². The number of carbonyl (C=O) groups is 2. The van der Waals surface area contributed by atoms with Gasteiger partial charge in [0.25, 0.3) is 0 Å². The second-order valence-corrected chi connectivity index (χ2v) is 7.90. The molecule has 1 aliphatic carbocycles. The Labute approximate surface area is 168 Å². The van der Waals surface area contributed by atoms with E-state index in [1.165, 1.54) is 13.0 Å². The molecule has 2 fully saturated rings. The summed E-state index contributed by atoms with van der Waals surface area (Å²) >= 11 is 0. The fourth-order valence-corrected chi connectivity index (χ4v) is 4.19. The van der Waals surface area contributed by atoms with Crippen LogP contribution in [0.2, 0.25) is 0 Å². The predicted octanol–water partition coefficient (Wildman–Crippen LogP) is 2.88. The van der Waals surface area contributed by atoms with Crippen molar-refractivity contribution in [2.24, 2.45) is 5.92 Å². The molecule has 6 nitrogen and oxygen atoms in total. The number of anilines is 1. The number of piperidine rings is 1. The van der Waals surface area contributed by atoms with Gasteiger partial charge in [0.15, 0.2) is 0 Å². The Bertz CT molecular complexity index is 709. The first-order chi connectivity index (χ1) is 13.7. The maximum atomic E-state index is 12.8. The molecule has 1 saturated carbocycles. The molecular formula is C20H27F3N4O2. The van der Waals surface area contributed by atoms with Crippen molar-refractivity contribution in [3.63, 3.8) is 0 Å². The van der Waals surface area contributed by atoms with Crippen LogP contribution in [0.5, 0.6) is 0 Å². The first-order valence-electron chi connectivity index (χ1n) is 10.1. The van der Waals surface area contributed by atoms with E-state index in [1.54, 1.807) is 0 Å². The number of rotatable bonds is 5. The SMILES string of the molecule is CC(=O)N[C@@H](C(=O)NC1CCN(c2ccc(C(F)(F)F)cn2)CC1)C1CCCC1. The van der Waals surface area contributed by atoms with Crippen LogP contribution in [0.25, 0.3) is 0 Å². The second kappa shape index (κ2) is 9.00. The molecule has 160 valence electrons. The van der Waals surface area contributed by atoms with Crippen molar-refractivity contribution in [2.45, 2.75) is 63.7 Å². The van der Waals surface area contributed by atoms with Crippen molar-refractivity contribution in [3.05, 3.63) is 23.9 Å². The molecule has 2 N–H and O–H groups in total. The van der Waals surface area contributed by atoms with Gasteiger partial charge < -0.3 is 15.5 Å². The van der Waals surface area contributed by atoms with Crippen molar-refractivity contribution >= 4 is 17.6 Å². The minimum atomic E-state index is -4.40. The largest absolute Gasteiger partial charge is 0.417 e. The van der Waals surface area contributed by atoms with E-state index in [0.717, 1.165) is 37.9 Å². The average Bonchev–Trinajstić information content (AvgIpc) is 3.20. The quantitative estimate of drug-likeness (QED) is 0.780. The molecule has 0 unspecified atom stereocenters. The number of halogens is 3. The zero-order valence-corrected chi connectivity index (χ0v) is 16.5. The Hall–Kier alpha value is -2.32. The lowest BCUT2D eigenvalue weighted by Gasteiger charge is -2.34. The van der Waals surface area contributed by atoms with Gasteiger partial charge in [-0.1, -0.05) is 12.8 Å². The Morgan fingerprint density at radius 3 is 2.31 bits per heavy atom. The highest BCUT2D eigenvalue weighted by Crippen LogP contribution is 2.30. The molecule has 2 heterocycles. The first-order valence-corrected chi connectivity index (χ1v) is 10.1. The summed E-state index contributed by atoms with van der Waals surface area (Å²) in [5, 5.41) is 5.85. The molecule has 0 aromatic carbocycles. The van der Waals surface area contributed by atoms with Gasteiger partial charge in [-0.3, -0.25) is 9.59 Å². The van der Waals surface area contributed by atoms with E-state index in [-0.39, 0.29) is 23.8 Å². The Balaban J connectivity index is 1.53. The number of pyridine rings is 1. The van der Waals surface area contributed by atoms with Crippen molar-refractivity contribution in [1.29, 1.82) is 0 Å². The number of carbonyl (C=O) groups excluding carboxylic acids is 2. The van der Waals surface area contributed by atoms with Crippen LogP contribution in [0, 0.1) is 5.92 Å². The van der Waals surface area contributed by atoms with E-state index in [1.807, 2.05) is 4.90 Å². The van der Waals surface area contributed by atoms with Crippen LogP contribution in [0.15, 0.2) is 18.3 Å². The van der Waals surface area contributed by atoms with E-state index in [2.05, 4.69) is 15.6 Å². The van der Waals surface area contributed by atoms with E-state index >= 15 is 0 Å². The zero-order chi connectivity index (χ0) is 21.0. The standard InChI is InChI=1S/C20H27F3N4O2/c1-13(28)25-18(14-4-2-3-5-14)19(29)26-16-8-10-27(11-9-16)17-7-6-15(12-24-17)20(21,22)23/h6-7,12,14,16,18H,2-5,8-11H2,1H3,(H,25,28)(H,26,29)/t18-/m1/s1. The lowest BCUT2D eigenvalue weighted by molar-refractivity contribution is -0.137. The minimum Gasteiger partial charge on any atom is -0.356 e. The van der Waals surface area contributed by atoms with E-state index in [4.69, 9.17) is 0 Å². The molecule has 3 rings (SSSR count). The summed E-state index contributed by atoms with van der Waals surface area (Å²) in [6.07, 6.45) is 1.83. The lowest BCUT2D eigenvalue weighted by Crippen LogP contribution is -2.54. The van der Waals surface area contributed by atoms with Crippen LogP contribution >= 0.6 is 0 Å². The van der Waals surface area contributed by atoms with Gasteiger partial charge in [0.1, 0.15) is 11.9 Å².